The molecule has 0 aliphatic carbocycles. The van der Waals surface area contributed by atoms with Crippen LogP contribution >= 0.6 is 0 Å². The van der Waals surface area contributed by atoms with Gasteiger partial charge in [0.15, 0.2) is 0 Å². The number of halogens is 1. The molecule has 23 heavy (non-hydrogen) atoms. The molecule has 2 aromatic carbocycles. The summed E-state index contributed by atoms with van der Waals surface area (Å²) in [6.07, 6.45) is 0.918. The lowest BCUT2D eigenvalue weighted by Gasteiger charge is -2.18. The number of aryl methyl sites for hydroxylation is 1. The predicted molar refractivity (Wildman–Crippen MR) is 90.1 cm³/mol. The van der Waals surface area contributed by atoms with Gasteiger partial charge in [-0.2, -0.15) is 0 Å². The molecule has 0 fully saturated rings. The standard InChI is InChI=1S/C18H21FN2O2/c1-21(12-13-22)17-9-7-16(8-10-17)20-18(23)11-4-14-2-5-15(19)6-3-14/h2-3,5-10,22H,4,11-13H2,1H3,(H,20,23). The Bertz CT molecular complexity index is 626. The minimum Gasteiger partial charge on any atom is -0.395 e. The molecule has 122 valence electrons. The maximum Gasteiger partial charge on any atom is 0.224 e. The Balaban J connectivity index is 1.84. The van der Waals surface area contributed by atoms with Crippen molar-refractivity contribution in [3.05, 3.63) is 59.9 Å². The normalized spacial score (nSPS) is 10.4. The van der Waals surface area contributed by atoms with Gasteiger partial charge in [0.05, 0.1) is 6.61 Å². The second-order valence-electron chi connectivity index (χ2n) is 5.37. The summed E-state index contributed by atoms with van der Waals surface area (Å²) >= 11 is 0. The Morgan fingerprint density at radius 2 is 1.78 bits per heavy atom. The van der Waals surface area contributed by atoms with E-state index in [0.29, 0.717) is 19.4 Å². The number of hydrogen-bond acceptors (Lipinski definition) is 3. The minimum atomic E-state index is -0.274. The number of amides is 1. The van der Waals surface area contributed by atoms with E-state index in [9.17, 15) is 9.18 Å². The van der Waals surface area contributed by atoms with Crippen LogP contribution in [-0.4, -0.2) is 31.2 Å². The first kappa shape index (κ1) is 17.0. The first-order chi connectivity index (χ1) is 11.1. The van der Waals surface area contributed by atoms with Gasteiger partial charge in [0.25, 0.3) is 0 Å². The van der Waals surface area contributed by atoms with Gasteiger partial charge in [-0.1, -0.05) is 12.1 Å². The van der Waals surface area contributed by atoms with Crippen molar-refractivity contribution >= 4 is 17.3 Å². The fourth-order valence-corrected chi connectivity index (χ4v) is 2.21. The molecule has 0 heterocycles. The van der Waals surface area contributed by atoms with Crippen LogP contribution in [0, 0.1) is 5.82 Å². The Kier molecular flexibility index (Phi) is 6.11. The summed E-state index contributed by atoms with van der Waals surface area (Å²) in [6.45, 7) is 0.655. The zero-order valence-corrected chi connectivity index (χ0v) is 13.1. The van der Waals surface area contributed by atoms with Crippen LogP contribution in [0.1, 0.15) is 12.0 Å². The van der Waals surface area contributed by atoms with Gasteiger partial charge in [0.2, 0.25) is 5.91 Å². The van der Waals surface area contributed by atoms with Crippen LogP contribution in [0.3, 0.4) is 0 Å². The lowest BCUT2D eigenvalue weighted by Crippen LogP contribution is -2.21. The number of likely N-dealkylation sites (N-methyl/N-ethyl adjacent to an activating group) is 1. The maximum absolute atomic E-state index is 12.8. The van der Waals surface area contributed by atoms with Crippen molar-refractivity contribution in [3.63, 3.8) is 0 Å². The minimum absolute atomic E-state index is 0.0780. The van der Waals surface area contributed by atoms with E-state index < -0.39 is 0 Å². The number of benzene rings is 2. The van der Waals surface area contributed by atoms with Crippen molar-refractivity contribution in [2.45, 2.75) is 12.8 Å². The van der Waals surface area contributed by atoms with E-state index in [-0.39, 0.29) is 18.3 Å². The summed E-state index contributed by atoms with van der Waals surface area (Å²) in [5.41, 5.74) is 2.64. The SMILES string of the molecule is CN(CCO)c1ccc(NC(=O)CCc2ccc(F)cc2)cc1. The fraction of sp³-hybridized carbons (Fsp3) is 0.278. The quantitative estimate of drug-likeness (QED) is 0.826. The van der Waals surface area contributed by atoms with Crippen LogP contribution in [0.4, 0.5) is 15.8 Å². The van der Waals surface area contributed by atoms with Gasteiger partial charge in [-0.25, -0.2) is 4.39 Å². The zero-order chi connectivity index (χ0) is 16.7. The third kappa shape index (κ3) is 5.38. The molecule has 0 aromatic heterocycles. The van der Waals surface area contributed by atoms with Gasteiger partial charge < -0.3 is 15.3 Å². The molecule has 0 radical (unpaired) electrons. The molecule has 1 amide bonds. The summed E-state index contributed by atoms with van der Waals surface area (Å²) < 4.78 is 12.8. The number of nitrogens with one attached hydrogen (secondary N) is 1. The molecule has 2 N–H and O–H groups in total. The average molecular weight is 316 g/mol. The smallest absolute Gasteiger partial charge is 0.224 e. The van der Waals surface area contributed by atoms with E-state index in [0.717, 1.165) is 16.9 Å². The molecule has 0 unspecified atom stereocenters. The van der Waals surface area contributed by atoms with Gasteiger partial charge >= 0.3 is 0 Å². The summed E-state index contributed by atoms with van der Waals surface area (Å²) in [5.74, 6) is -0.352. The summed E-state index contributed by atoms with van der Waals surface area (Å²) in [4.78, 5) is 13.9. The van der Waals surface area contributed by atoms with Crippen LogP contribution in [0.5, 0.6) is 0 Å². The van der Waals surface area contributed by atoms with Crippen LogP contribution in [0.15, 0.2) is 48.5 Å². The summed E-state index contributed by atoms with van der Waals surface area (Å²) in [7, 11) is 1.90. The molecule has 0 aliphatic rings. The molecule has 0 spiro atoms. The molecule has 2 aromatic rings. The molecule has 5 heteroatoms. The zero-order valence-electron chi connectivity index (χ0n) is 13.1. The van der Waals surface area contributed by atoms with Crippen molar-refractivity contribution in [2.24, 2.45) is 0 Å². The Hall–Kier alpha value is -2.40. The second-order valence-corrected chi connectivity index (χ2v) is 5.37. The van der Waals surface area contributed by atoms with Crippen molar-refractivity contribution in [1.82, 2.24) is 0 Å². The first-order valence-electron chi connectivity index (χ1n) is 7.55. The highest BCUT2D eigenvalue weighted by Crippen LogP contribution is 2.17. The van der Waals surface area contributed by atoms with Crippen LogP contribution in [0.2, 0.25) is 0 Å². The highest BCUT2D eigenvalue weighted by atomic mass is 19.1. The van der Waals surface area contributed by atoms with Gasteiger partial charge in [0.1, 0.15) is 5.82 Å². The maximum atomic E-state index is 12.8. The Labute approximate surface area is 135 Å². The third-order valence-corrected chi connectivity index (χ3v) is 3.58. The lowest BCUT2D eigenvalue weighted by atomic mass is 10.1. The molecule has 0 bridgehead atoms. The first-order valence-corrected chi connectivity index (χ1v) is 7.55. The van der Waals surface area contributed by atoms with Crippen LogP contribution in [-0.2, 0) is 11.2 Å². The van der Waals surface area contributed by atoms with E-state index >= 15 is 0 Å². The number of rotatable bonds is 7. The Morgan fingerprint density at radius 3 is 2.39 bits per heavy atom. The third-order valence-electron chi connectivity index (χ3n) is 3.58. The number of hydrogen-bond donors (Lipinski definition) is 2. The number of carbonyl (C=O) groups is 1. The van der Waals surface area contributed by atoms with Gasteiger partial charge in [-0.15, -0.1) is 0 Å². The molecule has 0 atom stereocenters. The number of aliphatic hydroxyl groups is 1. The molecule has 4 nitrogen and oxygen atoms in total. The molecule has 0 saturated carbocycles. The monoisotopic (exact) mass is 316 g/mol. The summed E-state index contributed by atoms with van der Waals surface area (Å²) in [5, 5.41) is 11.8. The van der Waals surface area contributed by atoms with Gasteiger partial charge in [0, 0.05) is 31.4 Å². The molecule has 0 saturated heterocycles. The fourth-order valence-electron chi connectivity index (χ4n) is 2.21. The largest absolute Gasteiger partial charge is 0.395 e. The van der Waals surface area contributed by atoms with Gasteiger partial charge in [-0.3, -0.25) is 4.79 Å². The van der Waals surface area contributed by atoms with Crippen molar-refractivity contribution in [3.8, 4) is 0 Å². The number of anilines is 2. The average Bonchev–Trinajstić information content (AvgIpc) is 2.55. The molecular weight excluding hydrogens is 295 g/mol. The highest BCUT2D eigenvalue weighted by molar-refractivity contribution is 5.91. The van der Waals surface area contributed by atoms with Crippen molar-refractivity contribution in [1.29, 1.82) is 0 Å². The van der Waals surface area contributed by atoms with E-state index in [1.54, 1.807) is 12.1 Å². The number of nitrogens with zero attached hydrogens (tertiary/aromatic N) is 1. The second kappa shape index (κ2) is 8.29. The van der Waals surface area contributed by atoms with E-state index in [1.165, 1.54) is 12.1 Å². The topological polar surface area (TPSA) is 52.6 Å². The lowest BCUT2D eigenvalue weighted by molar-refractivity contribution is -0.116. The number of carbonyl (C=O) groups excluding carboxylic acids is 1. The van der Waals surface area contributed by atoms with Gasteiger partial charge in [-0.05, 0) is 48.4 Å². The van der Waals surface area contributed by atoms with Crippen LogP contribution in [0.25, 0.3) is 0 Å². The molecule has 2 rings (SSSR count). The Morgan fingerprint density at radius 1 is 1.13 bits per heavy atom. The summed E-state index contributed by atoms with van der Waals surface area (Å²) in [6, 6.07) is 13.6. The van der Waals surface area contributed by atoms with E-state index in [2.05, 4.69) is 5.32 Å². The van der Waals surface area contributed by atoms with Crippen molar-refractivity contribution < 1.29 is 14.3 Å². The molecule has 0 aliphatic heterocycles. The van der Waals surface area contributed by atoms with Crippen molar-refractivity contribution in [2.75, 3.05) is 30.4 Å². The van der Waals surface area contributed by atoms with E-state index in [4.69, 9.17) is 5.11 Å². The number of aliphatic hydroxyl groups excluding tert-OH is 1. The van der Waals surface area contributed by atoms with Crippen LogP contribution < -0.4 is 10.2 Å². The predicted octanol–water partition coefficient (Wildman–Crippen LogP) is 2.83. The highest BCUT2D eigenvalue weighted by Gasteiger charge is 2.05. The molecular formula is C18H21FN2O2. The van der Waals surface area contributed by atoms with E-state index in [1.807, 2.05) is 36.2 Å².